The van der Waals surface area contributed by atoms with Crippen LogP contribution in [0.2, 0.25) is 0 Å². The number of nitrogens with zero attached hydrogens (tertiary/aromatic N) is 1. The van der Waals surface area contributed by atoms with Crippen LogP contribution in [-0.4, -0.2) is 25.1 Å². The smallest absolute Gasteiger partial charge is 0.0474 e. The van der Waals surface area contributed by atoms with E-state index in [1.165, 1.54) is 29.0 Å². The Morgan fingerprint density at radius 2 is 2.12 bits per heavy atom. The van der Waals surface area contributed by atoms with Gasteiger partial charge in [0.2, 0.25) is 0 Å². The average Bonchev–Trinajstić information content (AvgIpc) is 2.34. The number of rotatable bonds is 6. The molecule has 1 atom stereocenters. The first-order valence-electron chi connectivity index (χ1n) is 5.97. The molecule has 1 nitrogen and oxygen atoms in total. The van der Waals surface area contributed by atoms with Crippen LogP contribution in [0.3, 0.4) is 0 Å². The van der Waals surface area contributed by atoms with Gasteiger partial charge in [0.05, 0.1) is 0 Å². The molecule has 0 bridgehead atoms. The van der Waals surface area contributed by atoms with Crippen LogP contribution in [0.1, 0.15) is 24.5 Å². The molecule has 17 heavy (non-hydrogen) atoms. The minimum absolute atomic E-state index is 0.572. The van der Waals surface area contributed by atoms with Crippen molar-refractivity contribution >= 4 is 29.1 Å². The topological polar surface area (TPSA) is 3.24 Å². The molecular formula is C14H22ClNS. The third-order valence-corrected chi connectivity index (χ3v) is 4.15. The largest absolute Gasteiger partial charge is 0.372 e. The van der Waals surface area contributed by atoms with Gasteiger partial charge in [-0.2, -0.15) is 11.8 Å². The lowest BCUT2D eigenvalue weighted by atomic mass is 10.1. The van der Waals surface area contributed by atoms with E-state index in [9.17, 15) is 0 Å². The summed E-state index contributed by atoms with van der Waals surface area (Å²) in [5.41, 5.74) is 3.81. The van der Waals surface area contributed by atoms with Gasteiger partial charge < -0.3 is 4.90 Å². The third kappa shape index (κ3) is 4.11. The summed E-state index contributed by atoms with van der Waals surface area (Å²) in [6.07, 6.45) is 3.38. The van der Waals surface area contributed by atoms with Crippen molar-refractivity contribution in [3.63, 3.8) is 0 Å². The Kier molecular flexibility index (Phi) is 6.21. The highest BCUT2D eigenvalue weighted by atomic mass is 35.5. The quantitative estimate of drug-likeness (QED) is 0.709. The van der Waals surface area contributed by atoms with E-state index in [1.54, 1.807) is 0 Å². The van der Waals surface area contributed by atoms with Crippen LogP contribution >= 0.6 is 23.4 Å². The first-order chi connectivity index (χ1) is 8.10. The summed E-state index contributed by atoms with van der Waals surface area (Å²) in [7, 11) is 2.17. The third-order valence-electron chi connectivity index (χ3n) is 3.20. The highest BCUT2D eigenvalue weighted by Gasteiger charge is 2.11. The summed E-state index contributed by atoms with van der Waals surface area (Å²) in [6, 6.07) is 7.05. The molecular weight excluding hydrogens is 250 g/mol. The zero-order valence-corrected chi connectivity index (χ0v) is 12.7. The average molecular weight is 272 g/mol. The summed E-state index contributed by atoms with van der Waals surface area (Å²) in [5, 5.41) is 0. The molecule has 0 fully saturated rings. The molecule has 1 aromatic carbocycles. The van der Waals surface area contributed by atoms with Crippen molar-refractivity contribution in [1.82, 2.24) is 0 Å². The highest BCUT2D eigenvalue weighted by molar-refractivity contribution is 7.98. The number of hydrogen-bond donors (Lipinski definition) is 0. The van der Waals surface area contributed by atoms with E-state index in [1.807, 2.05) is 11.8 Å². The van der Waals surface area contributed by atoms with Gasteiger partial charge in [-0.05, 0) is 49.5 Å². The first kappa shape index (κ1) is 14.7. The van der Waals surface area contributed by atoms with Crippen molar-refractivity contribution in [3.8, 4) is 0 Å². The van der Waals surface area contributed by atoms with E-state index in [0.29, 0.717) is 11.9 Å². The number of thioether (sulfide) groups is 1. The molecule has 3 heteroatoms. The van der Waals surface area contributed by atoms with Crippen molar-refractivity contribution < 1.29 is 0 Å². The maximum absolute atomic E-state index is 5.85. The molecule has 0 saturated heterocycles. The van der Waals surface area contributed by atoms with Gasteiger partial charge in [-0.1, -0.05) is 12.1 Å². The minimum Gasteiger partial charge on any atom is -0.372 e. The molecule has 1 unspecified atom stereocenters. The zero-order valence-electron chi connectivity index (χ0n) is 11.2. The molecule has 0 radical (unpaired) electrons. The summed E-state index contributed by atoms with van der Waals surface area (Å²) in [5.74, 6) is 1.80. The van der Waals surface area contributed by atoms with Gasteiger partial charge in [-0.25, -0.2) is 0 Å². The van der Waals surface area contributed by atoms with Gasteiger partial charge in [0.25, 0.3) is 0 Å². The van der Waals surface area contributed by atoms with E-state index >= 15 is 0 Å². The highest BCUT2D eigenvalue weighted by Crippen LogP contribution is 2.23. The van der Waals surface area contributed by atoms with E-state index in [4.69, 9.17) is 11.6 Å². The molecule has 0 aromatic heterocycles. The first-order valence-corrected chi connectivity index (χ1v) is 7.90. The molecule has 0 heterocycles. The van der Waals surface area contributed by atoms with Crippen molar-refractivity contribution in [2.24, 2.45) is 0 Å². The fourth-order valence-electron chi connectivity index (χ4n) is 1.92. The second-order valence-electron chi connectivity index (χ2n) is 4.50. The van der Waals surface area contributed by atoms with Crippen LogP contribution in [0, 0.1) is 6.92 Å². The number of benzene rings is 1. The predicted molar refractivity (Wildman–Crippen MR) is 81.6 cm³/mol. The molecule has 0 N–H and O–H groups in total. The van der Waals surface area contributed by atoms with Crippen LogP contribution in [0.5, 0.6) is 0 Å². The maximum Gasteiger partial charge on any atom is 0.0474 e. The van der Waals surface area contributed by atoms with Gasteiger partial charge in [-0.15, -0.1) is 11.6 Å². The molecule has 96 valence electrons. The Balaban J connectivity index is 2.77. The molecule has 1 aromatic rings. The van der Waals surface area contributed by atoms with Crippen LogP contribution < -0.4 is 4.90 Å². The second-order valence-corrected chi connectivity index (χ2v) is 5.75. The minimum atomic E-state index is 0.572. The normalized spacial score (nSPS) is 12.5. The van der Waals surface area contributed by atoms with Gasteiger partial charge in [-0.3, -0.25) is 0 Å². The standard InChI is InChI=1S/C14H22ClNS/c1-11-9-13(10-15)5-6-14(11)16(3)12(2)7-8-17-4/h5-6,9,12H,7-8,10H2,1-4H3. The Bertz CT molecular complexity index is 354. The fourth-order valence-corrected chi connectivity index (χ4v) is 2.66. The lowest BCUT2D eigenvalue weighted by Crippen LogP contribution is -2.29. The molecule has 0 amide bonds. The van der Waals surface area contributed by atoms with Crippen molar-refractivity contribution in [2.75, 3.05) is 24.0 Å². The van der Waals surface area contributed by atoms with E-state index < -0.39 is 0 Å². The van der Waals surface area contributed by atoms with Crippen molar-refractivity contribution in [3.05, 3.63) is 29.3 Å². The summed E-state index contributed by atoms with van der Waals surface area (Å²) in [6.45, 7) is 4.44. The van der Waals surface area contributed by atoms with Gasteiger partial charge in [0.15, 0.2) is 0 Å². The Morgan fingerprint density at radius 3 is 2.65 bits per heavy atom. The number of halogens is 1. The molecule has 0 aliphatic heterocycles. The fraction of sp³-hybridized carbons (Fsp3) is 0.571. The van der Waals surface area contributed by atoms with Crippen LogP contribution in [0.25, 0.3) is 0 Å². The number of alkyl halides is 1. The van der Waals surface area contributed by atoms with Crippen LogP contribution in [0.4, 0.5) is 5.69 Å². The Morgan fingerprint density at radius 1 is 1.41 bits per heavy atom. The van der Waals surface area contributed by atoms with E-state index in [0.717, 1.165) is 0 Å². The zero-order chi connectivity index (χ0) is 12.8. The monoisotopic (exact) mass is 271 g/mol. The lowest BCUT2D eigenvalue weighted by Gasteiger charge is -2.28. The number of aryl methyl sites for hydroxylation is 1. The Hall–Kier alpha value is -0.340. The lowest BCUT2D eigenvalue weighted by molar-refractivity contribution is 0.668. The molecule has 0 aliphatic rings. The number of anilines is 1. The maximum atomic E-state index is 5.85. The predicted octanol–water partition coefficient (Wildman–Crippen LogP) is 4.31. The second kappa shape index (κ2) is 7.17. The van der Waals surface area contributed by atoms with E-state index in [-0.39, 0.29) is 0 Å². The van der Waals surface area contributed by atoms with Crippen LogP contribution in [0.15, 0.2) is 18.2 Å². The van der Waals surface area contributed by atoms with Gasteiger partial charge >= 0.3 is 0 Å². The molecule has 0 aliphatic carbocycles. The molecule has 0 saturated carbocycles. The van der Waals surface area contributed by atoms with Gasteiger partial charge in [0.1, 0.15) is 0 Å². The van der Waals surface area contributed by atoms with Crippen LogP contribution in [-0.2, 0) is 5.88 Å². The SMILES string of the molecule is CSCCC(C)N(C)c1ccc(CCl)cc1C. The molecule has 1 rings (SSSR count). The van der Waals surface area contributed by atoms with E-state index in [2.05, 4.69) is 50.2 Å². The van der Waals surface area contributed by atoms with Crippen molar-refractivity contribution in [1.29, 1.82) is 0 Å². The summed E-state index contributed by atoms with van der Waals surface area (Å²) < 4.78 is 0. The summed E-state index contributed by atoms with van der Waals surface area (Å²) >= 11 is 7.75. The number of hydrogen-bond acceptors (Lipinski definition) is 2. The van der Waals surface area contributed by atoms with Gasteiger partial charge in [0, 0.05) is 24.7 Å². The Labute approximate surface area is 115 Å². The molecule has 0 spiro atoms. The summed E-state index contributed by atoms with van der Waals surface area (Å²) in [4.78, 5) is 2.36. The van der Waals surface area contributed by atoms with Crippen molar-refractivity contribution in [2.45, 2.75) is 32.2 Å².